The highest BCUT2D eigenvalue weighted by atomic mass is 16.5. The van der Waals surface area contributed by atoms with Gasteiger partial charge in [-0.25, -0.2) is 4.68 Å². The van der Waals surface area contributed by atoms with E-state index in [0.717, 1.165) is 30.7 Å². The molecular formula is C16H19N3O3. The number of ether oxygens (including phenoxy) is 2. The first kappa shape index (κ1) is 14.4. The molecule has 6 nitrogen and oxygen atoms in total. The van der Waals surface area contributed by atoms with E-state index in [9.17, 15) is 4.79 Å². The van der Waals surface area contributed by atoms with Gasteiger partial charge in [0, 0.05) is 25.6 Å². The first-order chi connectivity index (χ1) is 10.8. The minimum atomic E-state index is -0.168. The van der Waals surface area contributed by atoms with Crippen LogP contribution in [0.2, 0.25) is 0 Å². The zero-order valence-electron chi connectivity index (χ0n) is 12.5. The number of fused-ring (bicyclic) bond motifs is 1. The van der Waals surface area contributed by atoms with E-state index < -0.39 is 0 Å². The van der Waals surface area contributed by atoms with Crippen LogP contribution in [0.3, 0.4) is 0 Å². The van der Waals surface area contributed by atoms with Crippen LogP contribution in [0.15, 0.2) is 30.3 Å². The first-order valence-electron chi connectivity index (χ1n) is 7.38. The lowest BCUT2D eigenvalue weighted by molar-refractivity contribution is 0.0948. The summed E-state index contributed by atoms with van der Waals surface area (Å²) in [5.41, 5.74) is 1.56. The molecule has 1 aromatic heterocycles. The zero-order valence-corrected chi connectivity index (χ0v) is 12.5. The largest absolute Gasteiger partial charge is 0.497 e. The minimum Gasteiger partial charge on any atom is -0.497 e. The van der Waals surface area contributed by atoms with Gasteiger partial charge in [0.15, 0.2) is 5.69 Å². The quantitative estimate of drug-likeness (QED) is 0.912. The molecule has 6 heteroatoms. The van der Waals surface area contributed by atoms with Crippen molar-refractivity contribution in [2.24, 2.45) is 0 Å². The summed E-state index contributed by atoms with van der Waals surface area (Å²) in [7, 11) is 1.64. The first-order valence-corrected chi connectivity index (χ1v) is 7.38. The summed E-state index contributed by atoms with van der Waals surface area (Å²) in [5.74, 6) is 1.34. The number of nitrogens with zero attached hydrogens (tertiary/aromatic N) is 2. The highest BCUT2D eigenvalue weighted by Gasteiger charge is 2.17. The Bertz CT molecular complexity index is 626. The van der Waals surface area contributed by atoms with Gasteiger partial charge in [0.05, 0.1) is 13.7 Å². The Morgan fingerprint density at radius 2 is 2.23 bits per heavy atom. The van der Waals surface area contributed by atoms with Crippen LogP contribution in [-0.2, 0) is 13.0 Å². The van der Waals surface area contributed by atoms with Crippen molar-refractivity contribution in [1.82, 2.24) is 15.1 Å². The number of carbonyl (C=O) groups excluding carboxylic acids is 1. The fraction of sp³-hybridized carbons (Fsp3) is 0.375. The molecule has 0 aliphatic carbocycles. The molecule has 1 aliphatic rings. The van der Waals surface area contributed by atoms with Crippen LogP contribution >= 0.6 is 0 Å². The van der Waals surface area contributed by atoms with E-state index >= 15 is 0 Å². The number of benzene rings is 1. The molecule has 0 atom stereocenters. The molecule has 0 saturated carbocycles. The predicted molar refractivity (Wildman–Crippen MR) is 81.4 cm³/mol. The number of hydrogen-bond acceptors (Lipinski definition) is 4. The normalized spacial score (nSPS) is 13.1. The van der Waals surface area contributed by atoms with Gasteiger partial charge in [-0.05, 0) is 24.1 Å². The lowest BCUT2D eigenvalue weighted by Gasteiger charge is -2.13. The molecule has 2 aromatic rings. The fourth-order valence-electron chi connectivity index (χ4n) is 2.38. The summed E-state index contributed by atoms with van der Waals surface area (Å²) < 4.78 is 12.3. The predicted octanol–water partition coefficient (Wildman–Crippen LogP) is 1.65. The smallest absolute Gasteiger partial charge is 0.271 e. The van der Waals surface area contributed by atoms with Crippen molar-refractivity contribution >= 4 is 5.91 Å². The van der Waals surface area contributed by atoms with Gasteiger partial charge in [0.1, 0.15) is 5.75 Å². The van der Waals surface area contributed by atoms with E-state index in [-0.39, 0.29) is 5.91 Å². The lowest BCUT2D eigenvalue weighted by Crippen LogP contribution is -2.26. The lowest BCUT2D eigenvalue weighted by atomic mass is 10.1. The van der Waals surface area contributed by atoms with Gasteiger partial charge in [-0.3, -0.25) is 4.79 Å². The molecule has 1 aliphatic heterocycles. The Morgan fingerprint density at radius 1 is 1.41 bits per heavy atom. The summed E-state index contributed by atoms with van der Waals surface area (Å²) >= 11 is 0. The van der Waals surface area contributed by atoms with Crippen LogP contribution in [0.25, 0.3) is 0 Å². The van der Waals surface area contributed by atoms with E-state index in [0.29, 0.717) is 24.7 Å². The van der Waals surface area contributed by atoms with Crippen LogP contribution in [0.4, 0.5) is 0 Å². The van der Waals surface area contributed by atoms with Gasteiger partial charge in [-0.15, -0.1) is 0 Å². The number of aromatic nitrogens is 2. The topological polar surface area (TPSA) is 65.4 Å². The molecule has 1 aromatic carbocycles. The monoisotopic (exact) mass is 301 g/mol. The minimum absolute atomic E-state index is 0.168. The van der Waals surface area contributed by atoms with Crippen LogP contribution in [0, 0.1) is 0 Å². The third-order valence-corrected chi connectivity index (χ3v) is 3.60. The summed E-state index contributed by atoms with van der Waals surface area (Å²) in [6.45, 7) is 2.05. The van der Waals surface area contributed by atoms with Crippen LogP contribution in [-0.4, -0.2) is 35.9 Å². The van der Waals surface area contributed by atoms with Gasteiger partial charge in [-0.1, -0.05) is 12.1 Å². The van der Waals surface area contributed by atoms with Gasteiger partial charge < -0.3 is 14.8 Å². The molecule has 1 amide bonds. The maximum atomic E-state index is 12.1. The zero-order chi connectivity index (χ0) is 15.4. The maximum Gasteiger partial charge on any atom is 0.271 e. The highest BCUT2D eigenvalue weighted by Crippen LogP contribution is 2.18. The van der Waals surface area contributed by atoms with Gasteiger partial charge >= 0.3 is 0 Å². The molecule has 0 saturated heterocycles. The highest BCUT2D eigenvalue weighted by molar-refractivity contribution is 5.92. The van der Waals surface area contributed by atoms with Crippen molar-refractivity contribution in [2.45, 2.75) is 19.4 Å². The summed E-state index contributed by atoms with van der Waals surface area (Å²) in [5, 5.41) is 7.15. The second-order valence-corrected chi connectivity index (χ2v) is 5.15. The number of methoxy groups -OCH3 is 1. The molecule has 3 rings (SSSR count). The Kier molecular flexibility index (Phi) is 4.27. The molecule has 0 unspecified atom stereocenters. The summed E-state index contributed by atoms with van der Waals surface area (Å²) in [6.07, 6.45) is 1.69. The average Bonchev–Trinajstić information content (AvgIpc) is 2.99. The van der Waals surface area contributed by atoms with Crippen LogP contribution in [0.5, 0.6) is 11.6 Å². The Hall–Kier alpha value is -2.50. The van der Waals surface area contributed by atoms with E-state index in [1.54, 1.807) is 17.9 Å². The molecule has 2 heterocycles. The van der Waals surface area contributed by atoms with Gasteiger partial charge in [0.25, 0.3) is 5.91 Å². The summed E-state index contributed by atoms with van der Waals surface area (Å²) in [4.78, 5) is 12.1. The van der Waals surface area contributed by atoms with Crippen molar-refractivity contribution in [1.29, 1.82) is 0 Å². The van der Waals surface area contributed by atoms with Crippen molar-refractivity contribution < 1.29 is 14.3 Å². The Morgan fingerprint density at radius 3 is 2.95 bits per heavy atom. The second kappa shape index (κ2) is 6.51. The van der Waals surface area contributed by atoms with Crippen molar-refractivity contribution in [3.8, 4) is 11.6 Å². The van der Waals surface area contributed by atoms with E-state index in [4.69, 9.17) is 9.47 Å². The summed E-state index contributed by atoms with van der Waals surface area (Å²) in [6, 6.07) is 9.51. The van der Waals surface area contributed by atoms with E-state index in [1.165, 1.54) is 0 Å². The van der Waals surface area contributed by atoms with Crippen molar-refractivity contribution in [2.75, 3.05) is 20.3 Å². The van der Waals surface area contributed by atoms with Crippen LogP contribution in [0.1, 0.15) is 22.5 Å². The number of carbonyl (C=O) groups is 1. The number of amides is 1. The number of hydrogen-bond donors (Lipinski definition) is 1. The van der Waals surface area contributed by atoms with Gasteiger partial charge in [-0.2, -0.15) is 5.10 Å². The molecule has 116 valence electrons. The van der Waals surface area contributed by atoms with Crippen molar-refractivity contribution in [3.05, 3.63) is 41.6 Å². The standard InChI is InChI=1S/C16H19N3O3/c1-21-13-5-3-12(4-6-13)7-8-17-16(20)14-11-15-19(18-14)9-2-10-22-15/h3-6,11H,2,7-10H2,1H3,(H,17,20). The molecule has 22 heavy (non-hydrogen) atoms. The Labute approximate surface area is 129 Å². The third-order valence-electron chi connectivity index (χ3n) is 3.60. The second-order valence-electron chi connectivity index (χ2n) is 5.15. The third kappa shape index (κ3) is 3.21. The number of rotatable bonds is 5. The Balaban J connectivity index is 1.52. The van der Waals surface area contributed by atoms with E-state index in [1.807, 2.05) is 24.3 Å². The molecular weight excluding hydrogens is 282 g/mol. The van der Waals surface area contributed by atoms with Gasteiger partial charge in [0.2, 0.25) is 5.88 Å². The average molecular weight is 301 g/mol. The van der Waals surface area contributed by atoms with E-state index in [2.05, 4.69) is 10.4 Å². The van der Waals surface area contributed by atoms with Crippen molar-refractivity contribution in [3.63, 3.8) is 0 Å². The SMILES string of the molecule is COc1ccc(CCNC(=O)c2cc3n(n2)CCCO3)cc1. The maximum absolute atomic E-state index is 12.1. The molecule has 0 fully saturated rings. The molecule has 1 N–H and O–H groups in total. The molecule has 0 spiro atoms. The number of aryl methyl sites for hydroxylation is 1. The fourth-order valence-corrected chi connectivity index (χ4v) is 2.38. The molecule has 0 radical (unpaired) electrons. The van der Waals surface area contributed by atoms with Crippen LogP contribution < -0.4 is 14.8 Å². The number of nitrogens with one attached hydrogen (secondary N) is 1. The molecule has 0 bridgehead atoms.